The lowest BCUT2D eigenvalue weighted by Crippen LogP contribution is -2.40. The van der Waals surface area contributed by atoms with Gasteiger partial charge in [0.25, 0.3) is 5.91 Å². The fourth-order valence-electron chi connectivity index (χ4n) is 0.857. The van der Waals surface area contributed by atoms with Gasteiger partial charge in [-0.1, -0.05) is 0 Å². The molecule has 1 aromatic rings. The summed E-state index contributed by atoms with van der Waals surface area (Å²) in [5.74, 6) is -0.919. The number of aryl methyl sites for hydroxylation is 1. The molecule has 2 amide bonds. The van der Waals surface area contributed by atoms with Crippen LogP contribution in [0.3, 0.4) is 0 Å². The van der Waals surface area contributed by atoms with Crippen molar-refractivity contribution in [3.63, 3.8) is 0 Å². The number of aromatic nitrogens is 2. The van der Waals surface area contributed by atoms with Gasteiger partial charge in [0.15, 0.2) is 0 Å². The van der Waals surface area contributed by atoms with E-state index in [2.05, 4.69) is 20.8 Å². The van der Waals surface area contributed by atoms with Crippen molar-refractivity contribution in [3.05, 3.63) is 22.7 Å². The number of nitrogens with one attached hydrogen (secondary N) is 2. The lowest BCUT2D eigenvalue weighted by Gasteiger charge is -2.04. The van der Waals surface area contributed by atoms with Crippen LogP contribution in [-0.2, 0) is 4.79 Å². The lowest BCUT2D eigenvalue weighted by molar-refractivity contribution is -0.119. The molecule has 0 radical (unpaired) electrons. The first-order valence-electron chi connectivity index (χ1n) is 4.07. The molecule has 0 atom stereocenters. The summed E-state index contributed by atoms with van der Waals surface area (Å²) >= 11 is 5.57. The van der Waals surface area contributed by atoms with Crippen LogP contribution in [0.25, 0.3) is 0 Å². The molecule has 6 nitrogen and oxygen atoms in total. The highest BCUT2D eigenvalue weighted by atomic mass is 35.5. The lowest BCUT2D eigenvalue weighted by atomic mass is 10.3. The van der Waals surface area contributed by atoms with Crippen molar-refractivity contribution in [3.8, 4) is 0 Å². The molecule has 0 saturated heterocycles. The van der Waals surface area contributed by atoms with Crippen LogP contribution >= 0.6 is 11.6 Å². The van der Waals surface area contributed by atoms with Gasteiger partial charge in [0.2, 0.25) is 11.2 Å². The minimum atomic E-state index is -0.544. The van der Waals surface area contributed by atoms with Crippen LogP contribution in [0.5, 0.6) is 0 Å². The van der Waals surface area contributed by atoms with Crippen molar-refractivity contribution < 1.29 is 9.59 Å². The third-order valence-electron chi connectivity index (χ3n) is 1.41. The Labute approximate surface area is 91.0 Å². The quantitative estimate of drug-likeness (QED) is 0.532. The summed E-state index contributed by atoms with van der Waals surface area (Å²) in [5, 5.41) is -0.0111. The summed E-state index contributed by atoms with van der Waals surface area (Å²) in [4.78, 5) is 29.4. The number of hydrogen-bond acceptors (Lipinski definition) is 4. The normalized spacial score (nSPS) is 9.53. The maximum Gasteiger partial charge on any atom is 0.288 e. The minimum Gasteiger partial charge on any atom is -0.274 e. The minimum absolute atomic E-state index is 0.0111. The molecule has 0 aliphatic heterocycles. The second-order valence-electron chi connectivity index (χ2n) is 2.80. The fourth-order valence-corrected chi connectivity index (χ4v) is 1.08. The molecule has 1 aromatic heterocycles. The van der Waals surface area contributed by atoms with Crippen molar-refractivity contribution in [1.82, 2.24) is 20.8 Å². The average molecular weight is 229 g/mol. The molecular weight excluding hydrogens is 220 g/mol. The van der Waals surface area contributed by atoms with E-state index in [1.54, 1.807) is 6.92 Å². The van der Waals surface area contributed by atoms with Gasteiger partial charge in [0, 0.05) is 12.6 Å². The Morgan fingerprint density at radius 3 is 2.53 bits per heavy atom. The largest absolute Gasteiger partial charge is 0.288 e. The SMILES string of the molecule is CC(=O)NNC(=O)c1cc(C)nc(Cl)n1. The van der Waals surface area contributed by atoms with Crippen LogP contribution in [0.15, 0.2) is 6.07 Å². The molecule has 80 valence electrons. The van der Waals surface area contributed by atoms with Crippen molar-refractivity contribution in [2.45, 2.75) is 13.8 Å². The van der Waals surface area contributed by atoms with Gasteiger partial charge >= 0.3 is 0 Å². The van der Waals surface area contributed by atoms with E-state index in [1.165, 1.54) is 13.0 Å². The third kappa shape index (κ3) is 3.51. The molecular formula is C8H9ClN4O2. The molecule has 0 unspecified atom stereocenters. The van der Waals surface area contributed by atoms with Gasteiger partial charge in [-0.25, -0.2) is 9.97 Å². The van der Waals surface area contributed by atoms with Gasteiger partial charge < -0.3 is 0 Å². The molecule has 0 fully saturated rings. The van der Waals surface area contributed by atoms with Gasteiger partial charge in [-0.15, -0.1) is 0 Å². The summed E-state index contributed by atoms with van der Waals surface area (Å²) in [6.45, 7) is 2.96. The van der Waals surface area contributed by atoms with E-state index in [-0.39, 0.29) is 16.9 Å². The predicted octanol–water partition coefficient (Wildman–Crippen LogP) is 0.219. The van der Waals surface area contributed by atoms with Gasteiger partial charge in [-0.05, 0) is 24.6 Å². The van der Waals surface area contributed by atoms with Crippen LogP contribution < -0.4 is 10.9 Å². The summed E-state index contributed by atoms with van der Waals surface area (Å²) in [6, 6.07) is 1.46. The molecule has 2 N–H and O–H groups in total. The molecule has 1 heterocycles. The van der Waals surface area contributed by atoms with E-state index in [0.717, 1.165) is 0 Å². The Bertz CT molecular complexity index is 387. The predicted molar refractivity (Wildman–Crippen MR) is 53.1 cm³/mol. The second kappa shape index (κ2) is 4.70. The van der Waals surface area contributed by atoms with Gasteiger partial charge in [-0.3, -0.25) is 20.4 Å². The monoisotopic (exact) mass is 228 g/mol. The average Bonchev–Trinajstić information content (AvgIpc) is 2.12. The Morgan fingerprint density at radius 1 is 1.33 bits per heavy atom. The summed E-state index contributed by atoms with van der Waals surface area (Å²) < 4.78 is 0. The summed E-state index contributed by atoms with van der Waals surface area (Å²) in [5.41, 5.74) is 4.98. The number of hydrogen-bond donors (Lipinski definition) is 2. The van der Waals surface area contributed by atoms with Gasteiger partial charge in [0.05, 0.1) is 0 Å². The molecule has 0 bridgehead atoms. The number of amides is 2. The zero-order valence-corrected chi connectivity index (χ0v) is 8.92. The van der Waals surface area contributed by atoms with Gasteiger partial charge in [-0.2, -0.15) is 0 Å². The number of nitrogens with zero attached hydrogens (tertiary/aromatic N) is 2. The highest BCUT2D eigenvalue weighted by Gasteiger charge is 2.09. The van der Waals surface area contributed by atoms with Crippen LogP contribution in [0.2, 0.25) is 5.28 Å². The molecule has 0 aromatic carbocycles. The molecule has 7 heteroatoms. The second-order valence-corrected chi connectivity index (χ2v) is 3.14. The highest BCUT2D eigenvalue weighted by molar-refractivity contribution is 6.28. The first-order valence-corrected chi connectivity index (χ1v) is 4.45. The number of carbonyl (C=O) groups is 2. The standard InChI is InChI=1S/C8H9ClN4O2/c1-4-3-6(11-8(9)10-4)7(15)13-12-5(2)14/h3H,1-2H3,(H,12,14)(H,13,15). The smallest absolute Gasteiger partial charge is 0.274 e. The Hall–Kier alpha value is -1.69. The van der Waals surface area contributed by atoms with Crippen LogP contribution in [0.1, 0.15) is 23.1 Å². The number of carbonyl (C=O) groups excluding carboxylic acids is 2. The first kappa shape index (κ1) is 11.4. The van der Waals surface area contributed by atoms with Crippen molar-refractivity contribution in [1.29, 1.82) is 0 Å². The molecule has 15 heavy (non-hydrogen) atoms. The Balaban J connectivity index is 2.77. The van der Waals surface area contributed by atoms with E-state index < -0.39 is 5.91 Å². The van der Waals surface area contributed by atoms with Crippen molar-refractivity contribution >= 4 is 23.4 Å². The zero-order valence-electron chi connectivity index (χ0n) is 8.17. The fraction of sp³-hybridized carbons (Fsp3) is 0.250. The third-order valence-corrected chi connectivity index (χ3v) is 1.58. The molecule has 1 rings (SSSR count). The molecule has 0 saturated carbocycles. The van der Waals surface area contributed by atoms with Gasteiger partial charge in [0.1, 0.15) is 5.69 Å². The number of hydrazine groups is 1. The Kier molecular flexibility index (Phi) is 3.56. The Morgan fingerprint density at radius 2 is 2.00 bits per heavy atom. The molecule has 0 aliphatic carbocycles. The van der Waals surface area contributed by atoms with E-state index in [1.807, 2.05) is 0 Å². The van der Waals surface area contributed by atoms with Crippen molar-refractivity contribution in [2.24, 2.45) is 0 Å². The van der Waals surface area contributed by atoms with E-state index in [0.29, 0.717) is 5.69 Å². The number of rotatable bonds is 1. The summed E-state index contributed by atoms with van der Waals surface area (Å²) in [6.07, 6.45) is 0. The van der Waals surface area contributed by atoms with Crippen LogP contribution in [-0.4, -0.2) is 21.8 Å². The van der Waals surface area contributed by atoms with Crippen LogP contribution in [0, 0.1) is 6.92 Å². The topological polar surface area (TPSA) is 84.0 Å². The first-order chi connectivity index (χ1) is 6.99. The molecule has 0 spiro atoms. The zero-order chi connectivity index (χ0) is 11.4. The van der Waals surface area contributed by atoms with E-state index >= 15 is 0 Å². The molecule has 0 aliphatic rings. The maximum absolute atomic E-state index is 11.4. The number of halogens is 1. The van der Waals surface area contributed by atoms with Crippen molar-refractivity contribution in [2.75, 3.05) is 0 Å². The van der Waals surface area contributed by atoms with E-state index in [4.69, 9.17) is 11.6 Å². The van der Waals surface area contributed by atoms with E-state index in [9.17, 15) is 9.59 Å². The summed E-state index contributed by atoms with van der Waals surface area (Å²) in [7, 11) is 0. The van der Waals surface area contributed by atoms with Crippen LogP contribution in [0.4, 0.5) is 0 Å². The highest BCUT2D eigenvalue weighted by Crippen LogP contribution is 2.04. The maximum atomic E-state index is 11.4.